The lowest BCUT2D eigenvalue weighted by Gasteiger charge is -2.17. The summed E-state index contributed by atoms with van der Waals surface area (Å²) in [4.78, 5) is 17.1. The maximum Gasteiger partial charge on any atom is 0.229 e. The summed E-state index contributed by atoms with van der Waals surface area (Å²) < 4.78 is 0. The minimum Gasteiger partial charge on any atom is -0.391 e. The summed E-state index contributed by atoms with van der Waals surface area (Å²) in [6.07, 6.45) is -0.394. The molecule has 80 valence electrons. The second-order valence-corrected chi connectivity index (χ2v) is 3.99. The van der Waals surface area contributed by atoms with Crippen molar-refractivity contribution in [2.75, 3.05) is 11.4 Å². The SMILES string of the molecule is Cc1nc(Cl)ccc1N1CC(O)CC1=O. The Bertz CT molecular complexity index is 408. The largest absolute Gasteiger partial charge is 0.391 e. The van der Waals surface area contributed by atoms with Crippen molar-refractivity contribution in [3.05, 3.63) is 23.0 Å². The van der Waals surface area contributed by atoms with Crippen molar-refractivity contribution < 1.29 is 9.90 Å². The van der Waals surface area contributed by atoms with Gasteiger partial charge < -0.3 is 10.0 Å². The molecular formula is C10H11ClN2O2. The lowest BCUT2D eigenvalue weighted by Crippen LogP contribution is -2.26. The molecule has 0 saturated carbocycles. The zero-order valence-electron chi connectivity index (χ0n) is 8.27. The molecule has 1 saturated heterocycles. The Morgan fingerprint density at radius 1 is 1.60 bits per heavy atom. The van der Waals surface area contributed by atoms with E-state index in [9.17, 15) is 9.90 Å². The van der Waals surface area contributed by atoms with Gasteiger partial charge in [-0.05, 0) is 19.1 Å². The molecule has 1 amide bonds. The number of hydrogen-bond donors (Lipinski definition) is 1. The maximum atomic E-state index is 11.5. The van der Waals surface area contributed by atoms with E-state index in [1.165, 1.54) is 0 Å². The van der Waals surface area contributed by atoms with Crippen molar-refractivity contribution in [3.8, 4) is 0 Å². The van der Waals surface area contributed by atoms with Crippen LogP contribution in [0, 0.1) is 6.92 Å². The molecule has 1 aromatic rings. The van der Waals surface area contributed by atoms with Crippen LogP contribution in [0.25, 0.3) is 0 Å². The number of carbonyl (C=O) groups excluding carboxylic acids is 1. The number of carbonyl (C=O) groups is 1. The van der Waals surface area contributed by atoms with Gasteiger partial charge in [-0.3, -0.25) is 4.79 Å². The quantitative estimate of drug-likeness (QED) is 0.731. The molecule has 0 radical (unpaired) electrons. The van der Waals surface area contributed by atoms with Crippen LogP contribution in [-0.4, -0.2) is 28.6 Å². The number of halogens is 1. The molecule has 1 fully saturated rings. The van der Waals surface area contributed by atoms with Crippen LogP contribution in [0.1, 0.15) is 12.1 Å². The van der Waals surface area contributed by atoms with Gasteiger partial charge in [0, 0.05) is 0 Å². The minimum absolute atomic E-state index is 0.0743. The number of hydrogen-bond acceptors (Lipinski definition) is 3. The molecule has 0 aliphatic carbocycles. The highest BCUT2D eigenvalue weighted by atomic mass is 35.5. The van der Waals surface area contributed by atoms with E-state index in [4.69, 9.17) is 11.6 Å². The molecule has 1 N–H and O–H groups in total. The Morgan fingerprint density at radius 3 is 2.87 bits per heavy atom. The van der Waals surface area contributed by atoms with Crippen LogP contribution in [0.3, 0.4) is 0 Å². The Balaban J connectivity index is 2.34. The van der Waals surface area contributed by atoms with Gasteiger partial charge in [-0.15, -0.1) is 0 Å². The summed E-state index contributed by atoms with van der Waals surface area (Å²) in [7, 11) is 0. The van der Waals surface area contributed by atoms with Gasteiger partial charge in [0.15, 0.2) is 0 Å². The number of aryl methyl sites for hydroxylation is 1. The monoisotopic (exact) mass is 226 g/mol. The molecule has 2 heterocycles. The average molecular weight is 227 g/mol. The molecular weight excluding hydrogens is 216 g/mol. The van der Waals surface area contributed by atoms with Crippen LogP contribution >= 0.6 is 11.6 Å². The fourth-order valence-electron chi connectivity index (χ4n) is 1.73. The molecule has 1 atom stereocenters. The van der Waals surface area contributed by atoms with Crippen LogP contribution in [0.15, 0.2) is 12.1 Å². The topological polar surface area (TPSA) is 53.4 Å². The molecule has 1 unspecified atom stereocenters. The van der Waals surface area contributed by atoms with E-state index >= 15 is 0 Å². The molecule has 1 aliphatic rings. The van der Waals surface area contributed by atoms with Crippen molar-refractivity contribution in [1.29, 1.82) is 0 Å². The third-order valence-corrected chi connectivity index (χ3v) is 2.63. The number of aliphatic hydroxyl groups is 1. The van der Waals surface area contributed by atoms with Gasteiger partial charge in [0.25, 0.3) is 0 Å². The molecule has 2 rings (SSSR count). The first-order chi connectivity index (χ1) is 7.08. The summed E-state index contributed by atoms with van der Waals surface area (Å²) in [5.74, 6) is -0.0743. The Hall–Kier alpha value is -1.13. The number of nitrogens with zero attached hydrogens (tertiary/aromatic N) is 2. The van der Waals surface area contributed by atoms with Crippen LogP contribution in [0.5, 0.6) is 0 Å². The number of rotatable bonds is 1. The summed E-state index contributed by atoms with van der Waals surface area (Å²) in [5, 5.41) is 9.77. The number of amides is 1. The zero-order valence-corrected chi connectivity index (χ0v) is 9.03. The third kappa shape index (κ3) is 1.96. The summed E-state index contributed by atoms with van der Waals surface area (Å²) in [5.41, 5.74) is 1.42. The van der Waals surface area contributed by atoms with Crippen LogP contribution in [-0.2, 0) is 4.79 Å². The first kappa shape index (κ1) is 10.4. The molecule has 1 aliphatic heterocycles. The normalized spacial score (nSPS) is 21.1. The lowest BCUT2D eigenvalue weighted by molar-refractivity contribution is -0.117. The number of pyridine rings is 1. The van der Waals surface area contributed by atoms with E-state index in [2.05, 4.69) is 4.98 Å². The van der Waals surface area contributed by atoms with E-state index in [1.807, 2.05) is 0 Å². The molecule has 1 aromatic heterocycles. The number of β-amino-alcohol motifs (C(OH)–C–C–N with tert-alkyl or cyclic N) is 1. The highest BCUT2D eigenvalue weighted by Crippen LogP contribution is 2.25. The zero-order chi connectivity index (χ0) is 11.0. The summed E-state index contributed by atoms with van der Waals surface area (Å²) >= 11 is 5.72. The minimum atomic E-state index is -0.576. The highest BCUT2D eigenvalue weighted by molar-refractivity contribution is 6.29. The second-order valence-electron chi connectivity index (χ2n) is 3.60. The van der Waals surface area contributed by atoms with E-state index in [0.29, 0.717) is 17.4 Å². The van der Waals surface area contributed by atoms with E-state index in [-0.39, 0.29) is 12.3 Å². The van der Waals surface area contributed by atoms with Gasteiger partial charge in [0.2, 0.25) is 5.91 Å². The molecule has 4 nitrogen and oxygen atoms in total. The molecule has 15 heavy (non-hydrogen) atoms. The van der Waals surface area contributed by atoms with Crippen LogP contribution in [0.2, 0.25) is 5.15 Å². The Morgan fingerprint density at radius 2 is 2.33 bits per heavy atom. The predicted octanol–water partition coefficient (Wildman–Crippen LogP) is 1.14. The van der Waals surface area contributed by atoms with Crippen molar-refractivity contribution >= 4 is 23.2 Å². The standard InChI is InChI=1S/C10H11ClN2O2/c1-6-8(2-3-9(11)12-6)13-5-7(14)4-10(13)15/h2-3,7,14H,4-5H2,1H3. The van der Waals surface area contributed by atoms with Crippen LogP contribution < -0.4 is 4.90 Å². The Labute approximate surface area is 92.5 Å². The predicted molar refractivity (Wildman–Crippen MR) is 57.0 cm³/mol. The Kier molecular flexibility index (Phi) is 2.63. The van der Waals surface area contributed by atoms with E-state index in [0.717, 1.165) is 5.69 Å². The molecule has 5 heteroatoms. The fourth-order valence-corrected chi connectivity index (χ4v) is 1.92. The maximum absolute atomic E-state index is 11.5. The average Bonchev–Trinajstić information content (AvgIpc) is 2.45. The smallest absolute Gasteiger partial charge is 0.229 e. The molecule has 0 spiro atoms. The lowest BCUT2D eigenvalue weighted by atomic mass is 10.3. The summed E-state index contributed by atoms with van der Waals surface area (Å²) in [6, 6.07) is 3.39. The van der Waals surface area contributed by atoms with Gasteiger partial charge >= 0.3 is 0 Å². The fraction of sp³-hybridized carbons (Fsp3) is 0.400. The van der Waals surface area contributed by atoms with Crippen molar-refractivity contribution in [3.63, 3.8) is 0 Å². The van der Waals surface area contributed by atoms with Gasteiger partial charge in [-0.25, -0.2) is 4.98 Å². The van der Waals surface area contributed by atoms with Crippen molar-refractivity contribution in [2.45, 2.75) is 19.4 Å². The number of aromatic nitrogens is 1. The number of aliphatic hydroxyl groups excluding tert-OH is 1. The molecule has 0 aromatic carbocycles. The van der Waals surface area contributed by atoms with Crippen molar-refractivity contribution in [1.82, 2.24) is 4.98 Å². The third-order valence-electron chi connectivity index (χ3n) is 2.42. The van der Waals surface area contributed by atoms with Crippen molar-refractivity contribution in [2.24, 2.45) is 0 Å². The van der Waals surface area contributed by atoms with E-state index in [1.54, 1.807) is 24.0 Å². The second kappa shape index (κ2) is 3.79. The van der Waals surface area contributed by atoms with Gasteiger partial charge in [0.1, 0.15) is 5.15 Å². The van der Waals surface area contributed by atoms with Crippen LogP contribution in [0.4, 0.5) is 5.69 Å². The summed E-state index contributed by atoms with van der Waals surface area (Å²) in [6.45, 7) is 2.13. The highest BCUT2D eigenvalue weighted by Gasteiger charge is 2.30. The van der Waals surface area contributed by atoms with Gasteiger partial charge in [-0.1, -0.05) is 11.6 Å². The van der Waals surface area contributed by atoms with E-state index < -0.39 is 6.10 Å². The number of anilines is 1. The van der Waals surface area contributed by atoms with Gasteiger partial charge in [-0.2, -0.15) is 0 Å². The molecule has 0 bridgehead atoms. The first-order valence-electron chi connectivity index (χ1n) is 4.69. The first-order valence-corrected chi connectivity index (χ1v) is 5.07. The van der Waals surface area contributed by atoms with Gasteiger partial charge in [0.05, 0.1) is 30.5 Å².